The van der Waals surface area contributed by atoms with Gasteiger partial charge < -0.3 is 5.11 Å². The first-order valence-electron chi connectivity index (χ1n) is 4.48. The van der Waals surface area contributed by atoms with Crippen LogP contribution in [0.1, 0.15) is 5.56 Å². The number of hydrogen-bond donors (Lipinski definition) is 1. The lowest BCUT2D eigenvalue weighted by Gasteiger charge is -1.95. The van der Waals surface area contributed by atoms with E-state index in [0.717, 1.165) is 5.41 Å². The molecule has 82 valence electrons. The molecule has 1 N–H and O–H groups in total. The average Bonchev–Trinajstić information content (AvgIpc) is 2.56. The molecule has 0 fully saturated rings. The summed E-state index contributed by atoms with van der Waals surface area (Å²) in [5.41, 5.74) is 1.08. The Labute approximate surface area is 92.5 Å². The maximum absolute atomic E-state index is 11.5. The first-order valence-corrected chi connectivity index (χ1v) is 6.02. The van der Waals surface area contributed by atoms with Crippen LogP contribution in [0.3, 0.4) is 0 Å². The highest BCUT2D eigenvalue weighted by atomic mass is 32.2. The smallest absolute Gasteiger partial charge is 0.347 e. The van der Waals surface area contributed by atoms with E-state index in [4.69, 9.17) is 5.11 Å². The second kappa shape index (κ2) is 3.61. The largest absolute Gasteiger partial charge is 0.477 e. The molecular weight excluding hydrogens is 228 g/mol. The van der Waals surface area contributed by atoms with Gasteiger partial charge >= 0.3 is 5.97 Å². The van der Waals surface area contributed by atoms with E-state index in [1.54, 1.807) is 30.3 Å². The van der Waals surface area contributed by atoms with Crippen molar-refractivity contribution in [3.05, 3.63) is 52.3 Å². The van der Waals surface area contributed by atoms with Crippen LogP contribution in [0, 0.1) is 0 Å². The standard InChI is InChI=1S/C11H8O4S/c12-11(13)10-6-9(7-16(10,14)15)8-4-2-1-3-5-8/h1-7H,(H,12,13). The van der Waals surface area contributed by atoms with Gasteiger partial charge in [0.15, 0.2) is 4.91 Å². The van der Waals surface area contributed by atoms with Crippen LogP contribution in [0.25, 0.3) is 5.57 Å². The fraction of sp³-hybridized carbons (Fsp3) is 0. The maximum atomic E-state index is 11.5. The SMILES string of the molecule is O=C(O)C1=CC(c2ccccc2)=CS1(=O)=O. The van der Waals surface area contributed by atoms with Crippen LogP contribution in [-0.2, 0) is 14.6 Å². The summed E-state index contributed by atoms with van der Waals surface area (Å²) in [5, 5.41) is 9.71. The fourth-order valence-corrected chi connectivity index (χ4v) is 2.65. The Balaban J connectivity index is 2.53. The van der Waals surface area contributed by atoms with Crippen LogP contribution in [0.2, 0.25) is 0 Å². The first-order chi connectivity index (χ1) is 7.50. The van der Waals surface area contributed by atoms with Crippen LogP contribution in [0.15, 0.2) is 46.7 Å². The van der Waals surface area contributed by atoms with Gasteiger partial charge in [0.05, 0.1) is 0 Å². The summed E-state index contributed by atoms with van der Waals surface area (Å²) in [6.45, 7) is 0. The molecule has 5 heteroatoms. The molecule has 0 amide bonds. The van der Waals surface area contributed by atoms with Gasteiger partial charge in [-0.05, 0) is 17.2 Å². The molecule has 0 atom stereocenters. The molecule has 2 rings (SSSR count). The van der Waals surface area contributed by atoms with E-state index in [0.29, 0.717) is 11.1 Å². The Morgan fingerprint density at radius 1 is 1.12 bits per heavy atom. The van der Waals surface area contributed by atoms with Crippen LogP contribution in [0.4, 0.5) is 0 Å². The monoisotopic (exact) mass is 236 g/mol. The third kappa shape index (κ3) is 1.77. The van der Waals surface area contributed by atoms with Gasteiger partial charge in [-0.3, -0.25) is 0 Å². The number of allylic oxidation sites excluding steroid dienone is 2. The van der Waals surface area contributed by atoms with E-state index in [1.807, 2.05) is 0 Å². The van der Waals surface area contributed by atoms with E-state index in [1.165, 1.54) is 6.08 Å². The van der Waals surface area contributed by atoms with E-state index < -0.39 is 20.7 Å². The van der Waals surface area contributed by atoms with Crippen molar-refractivity contribution in [2.75, 3.05) is 0 Å². The molecule has 0 radical (unpaired) electrons. The summed E-state index contributed by atoms with van der Waals surface area (Å²) in [4.78, 5) is 10.1. The van der Waals surface area contributed by atoms with Gasteiger partial charge in [0.2, 0.25) is 9.84 Å². The van der Waals surface area contributed by atoms with Crippen LogP contribution in [0.5, 0.6) is 0 Å². The molecule has 0 bridgehead atoms. The Bertz CT molecular complexity index is 594. The molecule has 0 saturated carbocycles. The molecule has 0 aromatic heterocycles. The Morgan fingerprint density at radius 2 is 1.75 bits per heavy atom. The summed E-state index contributed by atoms with van der Waals surface area (Å²) < 4.78 is 22.9. The zero-order chi connectivity index (χ0) is 11.8. The van der Waals surface area contributed by atoms with Gasteiger partial charge in [-0.2, -0.15) is 0 Å². The molecule has 0 spiro atoms. The van der Waals surface area contributed by atoms with Crippen LogP contribution in [-0.4, -0.2) is 19.5 Å². The van der Waals surface area contributed by atoms with Crippen molar-refractivity contribution in [3.63, 3.8) is 0 Å². The minimum atomic E-state index is -3.78. The number of carboxylic acid groups (broad SMARTS) is 1. The number of sulfone groups is 1. The third-order valence-corrected chi connectivity index (χ3v) is 3.66. The topological polar surface area (TPSA) is 71.4 Å². The van der Waals surface area contributed by atoms with Crippen molar-refractivity contribution in [2.45, 2.75) is 0 Å². The van der Waals surface area contributed by atoms with Crippen molar-refractivity contribution < 1.29 is 18.3 Å². The quantitative estimate of drug-likeness (QED) is 0.843. The lowest BCUT2D eigenvalue weighted by Crippen LogP contribution is -2.07. The lowest BCUT2D eigenvalue weighted by molar-refractivity contribution is -0.131. The predicted molar refractivity (Wildman–Crippen MR) is 59.1 cm³/mol. The normalized spacial score (nSPS) is 17.8. The van der Waals surface area contributed by atoms with Crippen LogP contribution >= 0.6 is 0 Å². The Morgan fingerprint density at radius 3 is 2.25 bits per heavy atom. The van der Waals surface area contributed by atoms with Crippen LogP contribution < -0.4 is 0 Å². The predicted octanol–water partition coefficient (Wildman–Crippen LogP) is 1.42. The number of hydrogen-bond acceptors (Lipinski definition) is 3. The zero-order valence-corrected chi connectivity index (χ0v) is 8.94. The highest BCUT2D eigenvalue weighted by molar-refractivity contribution is 7.99. The molecule has 0 aliphatic carbocycles. The fourth-order valence-electron chi connectivity index (χ4n) is 1.45. The van der Waals surface area contributed by atoms with E-state index in [-0.39, 0.29) is 0 Å². The maximum Gasteiger partial charge on any atom is 0.347 e. The van der Waals surface area contributed by atoms with Gasteiger partial charge in [0.25, 0.3) is 0 Å². The molecule has 1 aromatic carbocycles. The summed E-state index contributed by atoms with van der Waals surface area (Å²) >= 11 is 0. The first kappa shape index (κ1) is 10.6. The zero-order valence-electron chi connectivity index (χ0n) is 8.12. The van der Waals surface area contributed by atoms with Gasteiger partial charge in [-0.25, -0.2) is 13.2 Å². The number of carbonyl (C=O) groups is 1. The van der Waals surface area contributed by atoms with E-state index in [2.05, 4.69) is 0 Å². The third-order valence-electron chi connectivity index (χ3n) is 2.19. The highest BCUT2D eigenvalue weighted by Crippen LogP contribution is 2.28. The van der Waals surface area contributed by atoms with Gasteiger partial charge in [-0.15, -0.1) is 0 Å². The van der Waals surface area contributed by atoms with Gasteiger partial charge in [0.1, 0.15) is 0 Å². The van der Waals surface area contributed by atoms with Crippen molar-refractivity contribution in [2.24, 2.45) is 0 Å². The molecule has 1 heterocycles. The number of rotatable bonds is 2. The summed E-state index contributed by atoms with van der Waals surface area (Å²) in [7, 11) is -3.78. The van der Waals surface area contributed by atoms with Crippen molar-refractivity contribution >= 4 is 21.4 Å². The average molecular weight is 236 g/mol. The van der Waals surface area contributed by atoms with Crippen molar-refractivity contribution in [1.82, 2.24) is 0 Å². The lowest BCUT2D eigenvalue weighted by atomic mass is 10.1. The highest BCUT2D eigenvalue weighted by Gasteiger charge is 2.28. The van der Waals surface area contributed by atoms with Crippen molar-refractivity contribution in [3.8, 4) is 0 Å². The number of aliphatic carboxylic acids is 1. The molecule has 0 saturated heterocycles. The summed E-state index contributed by atoms with van der Waals surface area (Å²) in [6, 6.07) is 8.77. The second-order valence-electron chi connectivity index (χ2n) is 3.30. The van der Waals surface area contributed by atoms with E-state index in [9.17, 15) is 13.2 Å². The number of carboxylic acids is 1. The number of benzene rings is 1. The molecule has 1 aliphatic rings. The Hall–Kier alpha value is -1.88. The van der Waals surface area contributed by atoms with Gasteiger partial charge in [0, 0.05) is 5.41 Å². The van der Waals surface area contributed by atoms with E-state index >= 15 is 0 Å². The van der Waals surface area contributed by atoms with Gasteiger partial charge in [-0.1, -0.05) is 30.3 Å². The molecule has 1 aromatic rings. The molecular formula is C11H8O4S. The van der Waals surface area contributed by atoms with Crippen molar-refractivity contribution in [1.29, 1.82) is 0 Å². The molecule has 4 nitrogen and oxygen atoms in total. The summed E-state index contributed by atoms with van der Waals surface area (Å²) in [6.07, 6.45) is 1.17. The summed E-state index contributed by atoms with van der Waals surface area (Å²) in [5.74, 6) is -1.43. The molecule has 16 heavy (non-hydrogen) atoms. The molecule has 0 unspecified atom stereocenters. The minimum absolute atomic E-state index is 0.401. The molecule has 1 aliphatic heterocycles. The Kier molecular flexibility index (Phi) is 2.40. The minimum Gasteiger partial charge on any atom is -0.477 e. The second-order valence-corrected chi connectivity index (χ2v) is 5.06.